The molecular formula is C11H16N2O5. The first kappa shape index (κ1) is 12.8. The second-order valence-corrected chi connectivity index (χ2v) is 4.62. The fourth-order valence-corrected chi connectivity index (χ4v) is 2.03. The Bertz CT molecular complexity index is 395. The Morgan fingerprint density at radius 1 is 1.44 bits per heavy atom. The summed E-state index contributed by atoms with van der Waals surface area (Å²) in [4.78, 5) is 29.5. The van der Waals surface area contributed by atoms with E-state index in [2.05, 4.69) is 5.16 Å². The third-order valence-electron chi connectivity index (χ3n) is 3.08. The van der Waals surface area contributed by atoms with E-state index >= 15 is 0 Å². The average Bonchev–Trinajstić information content (AvgIpc) is 2.81. The van der Waals surface area contributed by atoms with Crippen LogP contribution in [-0.4, -0.2) is 59.0 Å². The minimum atomic E-state index is -1.14. The molecule has 0 radical (unpaired) electrons. The fourth-order valence-electron chi connectivity index (χ4n) is 2.03. The Morgan fingerprint density at radius 2 is 2.17 bits per heavy atom. The van der Waals surface area contributed by atoms with Crippen molar-refractivity contribution in [3.8, 4) is 0 Å². The Labute approximate surface area is 104 Å². The number of carboxylic acids is 1. The molecule has 0 aromatic heterocycles. The second kappa shape index (κ2) is 4.93. The number of rotatable bonds is 2. The molecule has 18 heavy (non-hydrogen) atoms. The van der Waals surface area contributed by atoms with Crippen molar-refractivity contribution in [3.05, 3.63) is 0 Å². The molecule has 1 N–H and O–H groups in total. The van der Waals surface area contributed by atoms with E-state index in [9.17, 15) is 9.59 Å². The van der Waals surface area contributed by atoms with E-state index in [-0.39, 0.29) is 30.2 Å². The highest BCUT2D eigenvalue weighted by Gasteiger charge is 2.37. The number of nitrogens with zero attached hydrogens (tertiary/aromatic N) is 2. The van der Waals surface area contributed by atoms with Crippen molar-refractivity contribution in [1.82, 2.24) is 4.90 Å². The molecule has 2 aliphatic rings. The van der Waals surface area contributed by atoms with Crippen LogP contribution in [0.4, 0.5) is 0 Å². The molecule has 1 saturated heterocycles. The second-order valence-electron chi connectivity index (χ2n) is 4.62. The van der Waals surface area contributed by atoms with Crippen LogP contribution >= 0.6 is 0 Å². The van der Waals surface area contributed by atoms with Crippen LogP contribution in [0, 0.1) is 0 Å². The molecule has 100 valence electrons. The predicted octanol–water partition coefficient (Wildman–Crippen LogP) is -0.148. The third kappa shape index (κ3) is 2.45. The molecule has 0 saturated carbocycles. The highest BCUT2D eigenvalue weighted by Crippen LogP contribution is 2.18. The maximum Gasteiger partial charge on any atom is 0.353 e. The van der Waals surface area contributed by atoms with Gasteiger partial charge in [0.15, 0.2) is 5.71 Å². The predicted molar refractivity (Wildman–Crippen MR) is 61.1 cm³/mol. The molecule has 0 spiro atoms. The van der Waals surface area contributed by atoms with Crippen LogP contribution in [0.1, 0.15) is 20.3 Å². The highest BCUT2D eigenvalue weighted by molar-refractivity contribution is 6.36. The van der Waals surface area contributed by atoms with Crippen molar-refractivity contribution in [3.63, 3.8) is 0 Å². The summed E-state index contributed by atoms with van der Waals surface area (Å²) in [5.41, 5.74) is -0.109. The Morgan fingerprint density at radius 3 is 2.78 bits per heavy atom. The summed E-state index contributed by atoms with van der Waals surface area (Å²) in [5.74, 6) is -1.37. The molecule has 2 heterocycles. The zero-order valence-corrected chi connectivity index (χ0v) is 10.3. The maximum absolute atomic E-state index is 12.2. The number of amides is 1. The van der Waals surface area contributed by atoms with Crippen LogP contribution in [0.5, 0.6) is 0 Å². The van der Waals surface area contributed by atoms with Crippen molar-refractivity contribution in [2.45, 2.75) is 38.5 Å². The number of carboxylic acid groups (broad SMARTS) is 1. The van der Waals surface area contributed by atoms with Crippen molar-refractivity contribution in [2.24, 2.45) is 5.16 Å². The van der Waals surface area contributed by atoms with Crippen molar-refractivity contribution >= 4 is 17.6 Å². The van der Waals surface area contributed by atoms with Crippen LogP contribution in [0.2, 0.25) is 0 Å². The van der Waals surface area contributed by atoms with Crippen LogP contribution in [0.15, 0.2) is 5.16 Å². The molecule has 7 heteroatoms. The fraction of sp³-hybridized carbons (Fsp3) is 0.727. The van der Waals surface area contributed by atoms with Gasteiger partial charge in [-0.3, -0.25) is 4.79 Å². The maximum atomic E-state index is 12.2. The summed E-state index contributed by atoms with van der Waals surface area (Å²) in [6.45, 7) is 4.74. The smallest absolute Gasteiger partial charge is 0.353 e. The minimum absolute atomic E-state index is 0.0205. The van der Waals surface area contributed by atoms with E-state index in [0.29, 0.717) is 13.2 Å². The van der Waals surface area contributed by atoms with Gasteiger partial charge in [-0.1, -0.05) is 5.16 Å². The van der Waals surface area contributed by atoms with Gasteiger partial charge >= 0.3 is 5.97 Å². The molecular weight excluding hydrogens is 240 g/mol. The first-order chi connectivity index (χ1) is 8.49. The first-order valence-electron chi connectivity index (χ1n) is 5.87. The van der Waals surface area contributed by atoms with Gasteiger partial charge < -0.3 is 19.6 Å². The van der Waals surface area contributed by atoms with Crippen LogP contribution in [-0.2, 0) is 19.2 Å². The van der Waals surface area contributed by atoms with E-state index in [1.54, 1.807) is 4.90 Å². The van der Waals surface area contributed by atoms with Gasteiger partial charge in [-0.25, -0.2) is 4.79 Å². The molecule has 1 fully saturated rings. The Hall–Kier alpha value is -1.63. The topological polar surface area (TPSA) is 88.4 Å². The van der Waals surface area contributed by atoms with Gasteiger partial charge in [0.2, 0.25) is 6.10 Å². The number of hydrogen-bond donors (Lipinski definition) is 1. The van der Waals surface area contributed by atoms with Gasteiger partial charge in [0.1, 0.15) is 0 Å². The molecule has 0 bridgehead atoms. The average molecular weight is 256 g/mol. The zero-order valence-electron chi connectivity index (χ0n) is 10.3. The van der Waals surface area contributed by atoms with E-state index in [1.165, 1.54) is 0 Å². The number of carbonyl (C=O) groups is 2. The highest BCUT2D eigenvalue weighted by atomic mass is 16.6. The molecule has 0 aromatic carbocycles. The van der Waals surface area contributed by atoms with Crippen LogP contribution < -0.4 is 0 Å². The Balaban J connectivity index is 1.98. The Kier molecular flexibility index (Phi) is 3.51. The van der Waals surface area contributed by atoms with Gasteiger partial charge in [-0.2, -0.15) is 0 Å². The lowest BCUT2D eigenvalue weighted by atomic mass is 10.1. The molecule has 3 unspecified atom stereocenters. The summed E-state index contributed by atoms with van der Waals surface area (Å²) in [5, 5.41) is 12.2. The van der Waals surface area contributed by atoms with Gasteiger partial charge in [0.05, 0.1) is 18.8 Å². The van der Waals surface area contributed by atoms with Gasteiger partial charge in [-0.15, -0.1) is 0 Å². The monoisotopic (exact) mass is 256 g/mol. The number of aliphatic carboxylic acids is 1. The molecule has 1 amide bonds. The molecule has 3 atom stereocenters. The summed E-state index contributed by atoms with van der Waals surface area (Å²) in [6.07, 6.45) is -0.817. The lowest BCUT2D eigenvalue weighted by Crippen LogP contribution is -2.53. The molecule has 2 rings (SSSR count). The SMILES string of the molecule is CC1CN(C(=O)C2CC(C(=O)O)=NO2)C(C)CO1. The van der Waals surface area contributed by atoms with E-state index in [4.69, 9.17) is 14.7 Å². The number of hydrogen-bond acceptors (Lipinski definition) is 5. The number of ether oxygens (including phenoxy) is 1. The van der Waals surface area contributed by atoms with Crippen LogP contribution in [0.3, 0.4) is 0 Å². The van der Waals surface area contributed by atoms with Crippen molar-refractivity contribution in [1.29, 1.82) is 0 Å². The summed E-state index contributed by atoms with van der Waals surface area (Å²) < 4.78 is 5.44. The standard InChI is InChI=1S/C11H16N2O5/c1-6-5-17-7(2)4-13(6)10(14)9-3-8(11(15)16)12-18-9/h6-7,9H,3-5H2,1-2H3,(H,15,16). The normalized spacial score (nSPS) is 31.8. The summed E-state index contributed by atoms with van der Waals surface area (Å²) in [6, 6.07) is -0.0359. The van der Waals surface area contributed by atoms with E-state index < -0.39 is 12.1 Å². The molecule has 7 nitrogen and oxygen atoms in total. The number of morpholine rings is 1. The lowest BCUT2D eigenvalue weighted by Gasteiger charge is -2.37. The lowest BCUT2D eigenvalue weighted by molar-refractivity contribution is -0.153. The molecule has 0 aromatic rings. The largest absolute Gasteiger partial charge is 0.477 e. The quantitative estimate of drug-likeness (QED) is 0.742. The zero-order chi connectivity index (χ0) is 13.3. The summed E-state index contributed by atoms with van der Waals surface area (Å²) >= 11 is 0. The number of carbonyl (C=O) groups excluding carboxylic acids is 1. The summed E-state index contributed by atoms with van der Waals surface area (Å²) in [7, 11) is 0. The van der Waals surface area contributed by atoms with E-state index in [1.807, 2.05) is 13.8 Å². The third-order valence-corrected chi connectivity index (χ3v) is 3.08. The minimum Gasteiger partial charge on any atom is -0.477 e. The first-order valence-corrected chi connectivity index (χ1v) is 5.87. The van der Waals surface area contributed by atoms with E-state index in [0.717, 1.165) is 0 Å². The van der Waals surface area contributed by atoms with Crippen molar-refractivity contribution < 1.29 is 24.3 Å². The van der Waals surface area contributed by atoms with Crippen molar-refractivity contribution in [2.75, 3.05) is 13.2 Å². The van der Waals surface area contributed by atoms with Gasteiger partial charge in [0, 0.05) is 13.0 Å². The van der Waals surface area contributed by atoms with Gasteiger partial charge in [-0.05, 0) is 13.8 Å². The van der Waals surface area contributed by atoms with Gasteiger partial charge in [0.25, 0.3) is 5.91 Å². The van der Waals surface area contributed by atoms with Crippen LogP contribution in [0.25, 0.3) is 0 Å². The number of oxime groups is 1. The molecule has 0 aliphatic carbocycles. The molecule has 2 aliphatic heterocycles.